The summed E-state index contributed by atoms with van der Waals surface area (Å²) < 4.78 is 27.3. The minimum absolute atomic E-state index is 0.105. The van der Waals surface area contributed by atoms with E-state index in [1.807, 2.05) is 31.4 Å². The van der Waals surface area contributed by atoms with E-state index in [1.54, 1.807) is 24.3 Å². The first-order valence-corrected chi connectivity index (χ1v) is 11.6. The van der Waals surface area contributed by atoms with Crippen molar-refractivity contribution in [2.24, 2.45) is 0 Å². The Morgan fingerprint density at radius 2 is 1.90 bits per heavy atom. The van der Waals surface area contributed by atoms with E-state index in [4.69, 9.17) is 0 Å². The van der Waals surface area contributed by atoms with Crippen molar-refractivity contribution >= 4 is 33.0 Å². The zero-order valence-electron chi connectivity index (χ0n) is 17.3. The Kier molecular flexibility index (Phi) is 5.23. The Morgan fingerprint density at radius 3 is 2.57 bits per heavy atom. The van der Waals surface area contributed by atoms with E-state index in [9.17, 15) is 13.2 Å². The van der Waals surface area contributed by atoms with Crippen molar-refractivity contribution in [2.75, 3.05) is 21.9 Å². The van der Waals surface area contributed by atoms with Gasteiger partial charge in [-0.15, -0.1) is 0 Å². The second-order valence-electron chi connectivity index (χ2n) is 7.65. The third-order valence-corrected chi connectivity index (χ3v) is 7.30. The number of hydrogen-bond donors (Lipinski definition) is 1. The zero-order valence-corrected chi connectivity index (χ0v) is 18.2. The summed E-state index contributed by atoms with van der Waals surface area (Å²) in [6.07, 6.45) is 1.52. The van der Waals surface area contributed by atoms with Crippen LogP contribution in [0.4, 0.5) is 11.4 Å². The van der Waals surface area contributed by atoms with Crippen LogP contribution >= 0.6 is 0 Å². The first kappa shape index (κ1) is 20.3. The molecule has 0 radical (unpaired) electrons. The Hall–Kier alpha value is -2.94. The molecule has 0 unspecified atom stereocenters. The molecule has 1 saturated heterocycles. The normalized spacial score (nSPS) is 15.6. The van der Waals surface area contributed by atoms with Crippen molar-refractivity contribution in [3.05, 3.63) is 53.0 Å². The first-order chi connectivity index (χ1) is 14.2. The Balaban J connectivity index is 1.41. The third-order valence-electron chi connectivity index (χ3n) is 5.43. The van der Waals surface area contributed by atoms with E-state index in [1.165, 1.54) is 4.31 Å². The van der Waals surface area contributed by atoms with Gasteiger partial charge in [-0.25, -0.2) is 17.9 Å². The number of sulfonamides is 1. The predicted molar refractivity (Wildman–Crippen MR) is 116 cm³/mol. The molecule has 1 N–H and O–H groups in total. The molecule has 0 aliphatic carbocycles. The molecule has 9 heteroatoms. The highest BCUT2D eigenvalue weighted by molar-refractivity contribution is 7.93. The number of nitrogens with zero attached hydrogens (tertiary/aromatic N) is 4. The summed E-state index contributed by atoms with van der Waals surface area (Å²) in [5.74, 6) is 0.0791. The number of nitrogens with one attached hydrogen (secondary N) is 1. The first-order valence-electron chi connectivity index (χ1n) is 9.97. The zero-order chi connectivity index (χ0) is 21.5. The molecule has 0 saturated carbocycles. The second-order valence-corrected chi connectivity index (χ2v) is 9.67. The summed E-state index contributed by atoms with van der Waals surface area (Å²) in [4.78, 5) is 17.1. The van der Waals surface area contributed by atoms with Crippen molar-refractivity contribution in [2.45, 2.75) is 40.0 Å². The van der Waals surface area contributed by atoms with E-state index >= 15 is 0 Å². The summed E-state index contributed by atoms with van der Waals surface area (Å²) in [6, 6.07) is 8.86. The number of carbonyl (C=O) groups excluding carboxylic acids is 1. The summed E-state index contributed by atoms with van der Waals surface area (Å²) in [5.41, 5.74) is 5.92. The molecule has 4 rings (SSSR count). The maximum Gasteiger partial charge on any atom is 0.235 e. The molecule has 1 aliphatic heterocycles. The van der Waals surface area contributed by atoms with Gasteiger partial charge in [-0.2, -0.15) is 5.10 Å². The molecule has 3 heterocycles. The molecular weight excluding hydrogens is 402 g/mol. The van der Waals surface area contributed by atoms with Crippen molar-refractivity contribution < 1.29 is 13.2 Å². The van der Waals surface area contributed by atoms with Crippen LogP contribution < -0.4 is 9.62 Å². The number of hydrogen-bond acceptors (Lipinski definition) is 5. The Labute approximate surface area is 176 Å². The molecule has 0 atom stereocenters. The monoisotopic (exact) mass is 427 g/mol. The summed E-state index contributed by atoms with van der Waals surface area (Å²) >= 11 is 0. The van der Waals surface area contributed by atoms with Gasteiger partial charge in [-0.05, 0) is 63.4 Å². The summed E-state index contributed by atoms with van der Waals surface area (Å²) in [6.45, 7) is 6.38. The van der Waals surface area contributed by atoms with Crippen LogP contribution in [0, 0.1) is 20.8 Å². The van der Waals surface area contributed by atoms with Crippen molar-refractivity contribution in [3.8, 4) is 0 Å². The third kappa shape index (κ3) is 3.89. The topological polar surface area (TPSA) is 96.7 Å². The molecule has 1 fully saturated rings. The number of aromatic nitrogens is 3. The lowest BCUT2D eigenvalue weighted by molar-refractivity contribution is -0.116. The number of anilines is 2. The number of benzene rings is 1. The van der Waals surface area contributed by atoms with Crippen LogP contribution in [0.1, 0.15) is 35.5 Å². The SMILES string of the molecule is Cc1cc2nc(C)c(CCC(=O)Nc3ccc(N4CCCS4(=O)=O)cc3)c(C)n2n1. The number of fused-ring (bicyclic) bond motifs is 1. The van der Waals surface area contributed by atoms with Gasteiger partial charge in [0.1, 0.15) is 0 Å². The van der Waals surface area contributed by atoms with Gasteiger partial charge in [0, 0.05) is 36.1 Å². The smallest absolute Gasteiger partial charge is 0.235 e. The quantitative estimate of drug-likeness (QED) is 0.675. The number of aryl methyl sites for hydroxylation is 3. The molecule has 30 heavy (non-hydrogen) atoms. The van der Waals surface area contributed by atoms with E-state index in [-0.39, 0.29) is 11.7 Å². The highest BCUT2D eigenvalue weighted by Crippen LogP contribution is 2.25. The number of amides is 1. The van der Waals surface area contributed by atoms with Crippen LogP contribution in [0.25, 0.3) is 5.65 Å². The van der Waals surface area contributed by atoms with Crippen LogP contribution in [-0.2, 0) is 21.2 Å². The van der Waals surface area contributed by atoms with Crippen LogP contribution in [0.5, 0.6) is 0 Å². The maximum atomic E-state index is 12.5. The van der Waals surface area contributed by atoms with E-state index in [0.717, 1.165) is 28.3 Å². The van der Waals surface area contributed by atoms with E-state index < -0.39 is 10.0 Å². The Bertz CT molecular complexity index is 1220. The van der Waals surface area contributed by atoms with Crippen LogP contribution in [0.2, 0.25) is 0 Å². The lowest BCUT2D eigenvalue weighted by Crippen LogP contribution is -2.25. The van der Waals surface area contributed by atoms with Gasteiger partial charge in [0.15, 0.2) is 5.65 Å². The highest BCUT2D eigenvalue weighted by atomic mass is 32.2. The largest absolute Gasteiger partial charge is 0.326 e. The van der Waals surface area contributed by atoms with Gasteiger partial charge < -0.3 is 5.32 Å². The molecule has 1 amide bonds. The van der Waals surface area contributed by atoms with Crippen LogP contribution in [-0.4, -0.2) is 41.2 Å². The number of carbonyl (C=O) groups is 1. The highest BCUT2D eigenvalue weighted by Gasteiger charge is 2.28. The van der Waals surface area contributed by atoms with Crippen LogP contribution in [0.3, 0.4) is 0 Å². The van der Waals surface area contributed by atoms with Gasteiger partial charge in [-0.3, -0.25) is 9.10 Å². The molecule has 1 aromatic carbocycles. The average molecular weight is 428 g/mol. The van der Waals surface area contributed by atoms with Gasteiger partial charge in [0.2, 0.25) is 15.9 Å². The van der Waals surface area contributed by atoms with Gasteiger partial charge in [0.05, 0.1) is 17.1 Å². The lowest BCUT2D eigenvalue weighted by atomic mass is 10.1. The lowest BCUT2D eigenvalue weighted by Gasteiger charge is -2.17. The van der Waals surface area contributed by atoms with Crippen molar-refractivity contribution in [3.63, 3.8) is 0 Å². The van der Waals surface area contributed by atoms with Crippen LogP contribution in [0.15, 0.2) is 30.3 Å². The minimum Gasteiger partial charge on any atom is -0.326 e. The number of rotatable bonds is 5. The molecule has 0 spiro atoms. The van der Waals surface area contributed by atoms with E-state index in [0.29, 0.717) is 37.2 Å². The fourth-order valence-corrected chi connectivity index (χ4v) is 5.47. The molecule has 8 nitrogen and oxygen atoms in total. The maximum absolute atomic E-state index is 12.5. The summed E-state index contributed by atoms with van der Waals surface area (Å²) in [5, 5.41) is 7.35. The standard InChI is InChI=1S/C21H25N5O3S/c1-14-13-20-22-15(2)19(16(3)26(20)24-14)9-10-21(27)23-17-5-7-18(8-6-17)25-11-4-12-30(25,28)29/h5-8,13H,4,9-12H2,1-3H3,(H,23,27). The molecule has 2 aromatic heterocycles. The fraction of sp³-hybridized carbons (Fsp3) is 0.381. The molecular formula is C21H25N5O3S. The molecule has 0 bridgehead atoms. The minimum atomic E-state index is -3.20. The molecule has 3 aromatic rings. The molecule has 1 aliphatic rings. The van der Waals surface area contributed by atoms with E-state index in [2.05, 4.69) is 15.4 Å². The van der Waals surface area contributed by atoms with Crippen molar-refractivity contribution in [1.29, 1.82) is 0 Å². The molecule has 158 valence electrons. The van der Waals surface area contributed by atoms with Gasteiger partial charge in [0.25, 0.3) is 0 Å². The second kappa shape index (κ2) is 7.71. The fourth-order valence-electron chi connectivity index (χ4n) is 3.91. The van der Waals surface area contributed by atoms with Gasteiger partial charge in [-0.1, -0.05) is 0 Å². The Morgan fingerprint density at radius 1 is 1.17 bits per heavy atom. The summed E-state index contributed by atoms with van der Waals surface area (Å²) in [7, 11) is -3.20. The predicted octanol–water partition coefficient (Wildman–Crippen LogP) is 2.77. The van der Waals surface area contributed by atoms with Gasteiger partial charge >= 0.3 is 0 Å². The van der Waals surface area contributed by atoms with Crippen molar-refractivity contribution in [1.82, 2.24) is 14.6 Å². The average Bonchev–Trinajstić information content (AvgIpc) is 3.23.